The second-order valence-electron chi connectivity index (χ2n) is 7.05. The zero-order valence-corrected chi connectivity index (χ0v) is 16.9. The van der Waals surface area contributed by atoms with Gasteiger partial charge in [-0.1, -0.05) is 24.1 Å². The molecule has 31 heavy (non-hydrogen) atoms. The summed E-state index contributed by atoms with van der Waals surface area (Å²) in [5.41, 5.74) is 1.23. The van der Waals surface area contributed by atoms with Crippen molar-refractivity contribution in [3.05, 3.63) is 77.7 Å². The number of ether oxygens (including phenoxy) is 2. The first kappa shape index (κ1) is 20.4. The van der Waals surface area contributed by atoms with Crippen molar-refractivity contribution in [2.24, 2.45) is 0 Å². The van der Waals surface area contributed by atoms with E-state index >= 15 is 0 Å². The standard InChI is InChI=1S/C24H20FN3O3/c1-17(29)30-20-6-4-5-18(15-20)9-10-19-11-12-24(27-26-19)28-14-13-21(16-28)31-23-8-3-2-7-22(23)25/h2-8,11-12,15,21H,13-14,16H2,1H3/t21-/m1/s1. The normalized spacial score (nSPS) is 15.2. The molecule has 1 aromatic heterocycles. The summed E-state index contributed by atoms with van der Waals surface area (Å²) in [4.78, 5) is 13.1. The molecule has 0 radical (unpaired) electrons. The number of carbonyl (C=O) groups is 1. The van der Waals surface area contributed by atoms with Crippen LogP contribution >= 0.6 is 0 Å². The van der Waals surface area contributed by atoms with Crippen molar-refractivity contribution in [1.29, 1.82) is 0 Å². The van der Waals surface area contributed by atoms with Crippen LogP contribution in [0.15, 0.2) is 60.7 Å². The minimum atomic E-state index is -0.380. The molecule has 1 aliphatic rings. The summed E-state index contributed by atoms with van der Waals surface area (Å²) >= 11 is 0. The van der Waals surface area contributed by atoms with Gasteiger partial charge in [0.1, 0.15) is 17.5 Å². The lowest BCUT2D eigenvalue weighted by molar-refractivity contribution is -0.131. The molecule has 6 nitrogen and oxygen atoms in total. The predicted molar refractivity (Wildman–Crippen MR) is 113 cm³/mol. The maximum atomic E-state index is 13.8. The fourth-order valence-corrected chi connectivity index (χ4v) is 3.25. The van der Waals surface area contributed by atoms with Crippen LogP contribution in [0.1, 0.15) is 24.6 Å². The van der Waals surface area contributed by atoms with Gasteiger partial charge in [0.2, 0.25) is 0 Å². The fraction of sp³-hybridized carbons (Fsp3) is 0.208. The predicted octanol–water partition coefficient (Wildman–Crippen LogP) is 3.60. The average Bonchev–Trinajstić information content (AvgIpc) is 3.23. The van der Waals surface area contributed by atoms with E-state index in [2.05, 4.69) is 26.9 Å². The Balaban J connectivity index is 1.38. The number of para-hydroxylation sites is 1. The van der Waals surface area contributed by atoms with Crippen molar-refractivity contribution in [2.75, 3.05) is 18.0 Å². The molecule has 0 aliphatic carbocycles. The summed E-state index contributed by atoms with van der Waals surface area (Å²) in [5, 5.41) is 8.44. The Hall–Kier alpha value is -3.92. The molecule has 0 N–H and O–H groups in total. The molecule has 1 aliphatic heterocycles. The molecule has 1 saturated heterocycles. The number of nitrogens with zero attached hydrogens (tertiary/aromatic N) is 3. The third-order valence-electron chi connectivity index (χ3n) is 4.68. The van der Waals surface area contributed by atoms with E-state index < -0.39 is 0 Å². The third kappa shape index (κ3) is 5.37. The Morgan fingerprint density at radius 3 is 2.74 bits per heavy atom. The molecule has 1 atom stereocenters. The monoisotopic (exact) mass is 417 g/mol. The van der Waals surface area contributed by atoms with Crippen LogP contribution in [0, 0.1) is 17.7 Å². The SMILES string of the molecule is CC(=O)Oc1cccc(C#Cc2ccc(N3CC[C@@H](Oc4ccccc4F)C3)nn2)c1. The highest BCUT2D eigenvalue weighted by molar-refractivity contribution is 5.69. The zero-order valence-electron chi connectivity index (χ0n) is 16.9. The summed E-state index contributed by atoms with van der Waals surface area (Å²) in [6, 6.07) is 17.0. The van der Waals surface area contributed by atoms with Crippen molar-refractivity contribution < 1.29 is 18.7 Å². The minimum Gasteiger partial charge on any atom is -0.485 e. The number of benzene rings is 2. The van der Waals surface area contributed by atoms with E-state index in [1.54, 1.807) is 42.5 Å². The molecule has 0 bridgehead atoms. The number of rotatable bonds is 4. The maximum Gasteiger partial charge on any atom is 0.308 e. The maximum absolute atomic E-state index is 13.8. The van der Waals surface area contributed by atoms with Crippen molar-refractivity contribution in [3.8, 4) is 23.3 Å². The average molecular weight is 417 g/mol. The van der Waals surface area contributed by atoms with Gasteiger partial charge in [0, 0.05) is 25.5 Å². The number of hydrogen-bond donors (Lipinski definition) is 0. The lowest BCUT2D eigenvalue weighted by atomic mass is 10.2. The fourth-order valence-electron chi connectivity index (χ4n) is 3.25. The highest BCUT2D eigenvalue weighted by Gasteiger charge is 2.26. The summed E-state index contributed by atoms with van der Waals surface area (Å²) in [7, 11) is 0. The van der Waals surface area contributed by atoms with Crippen molar-refractivity contribution in [2.45, 2.75) is 19.4 Å². The van der Waals surface area contributed by atoms with Crippen LogP contribution < -0.4 is 14.4 Å². The lowest BCUT2D eigenvalue weighted by Gasteiger charge is -2.17. The molecule has 1 fully saturated rings. The lowest BCUT2D eigenvalue weighted by Crippen LogP contribution is -2.25. The van der Waals surface area contributed by atoms with Crippen LogP contribution in [0.2, 0.25) is 0 Å². The van der Waals surface area contributed by atoms with Gasteiger partial charge >= 0.3 is 5.97 Å². The van der Waals surface area contributed by atoms with E-state index in [9.17, 15) is 9.18 Å². The number of anilines is 1. The van der Waals surface area contributed by atoms with E-state index in [0.717, 1.165) is 18.8 Å². The van der Waals surface area contributed by atoms with Crippen LogP contribution in [0.25, 0.3) is 0 Å². The Kier molecular flexibility index (Phi) is 6.08. The van der Waals surface area contributed by atoms with Gasteiger partial charge in [-0.05, 0) is 48.4 Å². The number of halogens is 1. The summed E-state index contributed by atoms with van der Waals surface area (Å²) in [6.07, 6.45) is 0.665. The summed E-state index contributed by atoms with van der Waals surface area (Å²) in [5.74, 6) is 6.65. The van der Waals surface area contributed by atoms with Gasteiger partial charge in [-0.15, -0.1) is 10.2 Å². The molecular formula is C24H20FN3O3. The number of esters is 1. The summed E-state index contributed by atoms with van der Waals surface area (Å²) < 4.78 is 24.6. The van der Waals surface area contributed by atoms with Crippen LogP contribution in [0.5, 0.6) is 11.5 Å². The molecular weight excluding hydrogens is 397 g/mol. The molecule has 3 aromatic rings. The first-order chi connectivity index (χ1) is 15.1. The number of aromatic nitrogens is 2. The quantitative estimate of drug-likeness (QED) is 0.367. The van der Waals surface area contributed by atoms with Crippen molar-refractivity contribution in [3.63, 3.8) is 0 Å². The number of hydrogen-bond acceptors (Lipinski definition) is 6. The van der Waals surface area contributed by atoms with Gasteiger partial charge in [0.25, 0.3) is 0 Å². The molecule has 0 saturated carbocycles. The first-order valence-corrected chi connectivity index (χ1v) is 9.87. The molecule has 7 heteroatoms. The van der Waals surface area contributed by atoms with Gasteiger partial charge < -0.3 is 14.4 Å². The first-order valence-electron chi connectivity index (χ1n) is 9.87. The van der Waals surface area contributed by atoms with E-state index in [0.29, 0.717) is 23.6 Å². The van der Waals surface area contributed by atoms with Gasteiger partial charge in [-0.25, -0.2) is 4.39 Å². The van der Waals surface area contributed by atoms with Crippen LogP contribution in [-0.2, 0) is 4.79 Å². The Labute approximate surface area is 179 Å². The van der Waals surface area contributed by atoms with E-state index in [1.165, 1.54) is 13.0 Å². The largest absolute Gasteiger partial charge is 0.485 e. The summed E-state index contributed by atoms with van der Waals surface area (Å²) in [6.45, 7) is 2.71. The van der Waals surface area contributed by atoms with E-state index in [-0.39, 0.29) is 23.6 Å². The molecule has 156 valence electrons. The highest BCUT2D eigenvalue weighted by Crippen LogP contribution is 2.23. The zero-order chi connectivity index (χ0) is 21.6. The van der Waals surface area contributed by atoms with Crippen LogP contribution in [0.4, 0.5) is 10.2 Å². The minimum absolute atomic E-state index is 0.109. The van der Waals surface area contributed by atoms with Gasteiger partial charge in [0.15, 0.2) is 17.4 Å². The van der Waals surface area contributed by atoms with Gasteiger partial charge in [-0.2, -0.15) is 0 Å². The number of carbonyl (C=O) groups excluding carboxylic acids is 1. The Morgan fingerprint density at radius 2 is 1.97 bits per heavy atom. The Bertz CT molecular complexity index is 1140. The third-order valence-corrected chi connectivity index (χ3v) is 4.68. The molecule has 0 spiro atoms. The van der Waals surface area contributed by atoms with Gasteiger partial charge in [0.05, 0.1) is 6.54 Å². The van der Waals surface area contributed by atoms with Gasteiger partial charge in [-0.3, -0.25) is 4.79 Å². The second kappa shape index (κ2) is 9.26. The highest BCUT2D eigenvalue weighted by atomic mass is 19.1. The Morgan fingerprint density at radius 1 is 1.10 bits per heavy atom. The van der Waals surface area contributed by atoms with Crippen molar-refractivity contribution >= 4 is 11.8 Å². The molecule has 0 unspecified atom stereocenters. The van der Waals surface area contributed by atoms with E-state index in [1.807, 2.05) is 12.1 Å². The second-order valence-corrected chi connectivity index (χ2v) is 7.05. The van der Waals surface area contributed by atoms with Crippen LogP contribution in [-0.4, -0.2) is 35.4 Å². The molecule has 2 heterocycles. The molecule has 2 aromatic carbocycles. The topological polar surface area (TPSA) is 64.5 Å². The van der Waals surface area contributed by atoms with Crippen molar-refractivity contribution in [1.82, 2.24) is 10.2 Å². The van der Waals surface area contributed by atoms with E-state index in [4.69, 9.17) is 9.47 Å². The molecule has 4 rings (SSSR count). The van der Waals surface area contributed by atoms with Crippen LogP contribution in [0.3, 0.4) is 0 Å². The molecule has 0 amide bonds. The smallest absolute Gasteiger partial charge is 0.308 e.